The van der Waals surface area contributed by atoms with Gasteiger partial charge in [0.1, 0.15) is 5.65 Å². The number of fused-ring (bicyclic) bond motifs is 1. The quantitative estimate of drug-likeness (QED) is 0.429. The molecule has 0 atom stereocenters. The number of rotatable bonds is 8. The van der Waals surface area contributed by atoms with Gasteiger partial charge in [0.15, 0.2) is 0 Å². The molecule has 2 aromatic heterocycles. The molecule has 5 heteroatoms. The molecule has 0 fully saturated rings. The van der Waals surface area contributed by atoms with Crippen molar-refractivity contribution in [1.82, 2.24) is 14.7 Å². The smallest absolute Gasteiger partial charge is 0.221 e. The molecule has 4 rings (SSSR count). The Labute approximate surface area is 175 Å². The average molecular weight is 402 g/mol. The highest BCUT2D eigenvalue weighted by molar-refractivity contribution is 7.98. The minimum absolute atomic E-state index is 0.0604. The van der Waals surface area contributed by atoms with Gasteiger partial charge in [0.25, 0.3) is 0 Å². The molecule has 1 amide bonds. The van der Waals surface area contributed by atoms with Crippen LogP contribution in [0.4, 0.5) is 0 Å². The van der Waals surface area contributed by atoms with E-state index in [-0.39, 0.29) is 11.9 Å². The number of imidazole rings is 1. The fourth-order valence-corrected chi connectivity index (χ4v) is 4.10. The van der Waals surface area contributed by atoms with Gasteiger partial charge < -0.3 is 9.72 Å². The first-order valence-electron chi connectivity index (χ1n) is 9.69. The third kappa shape index (κ3) is 5.06. The maximum Gasteiger partial charge on any atom is 0.221 e. The first-order valence-corrected chi connectivity index (χ1v) is 10.8. The van der Waals surface area contributed by atoms with Gasteiger partial charge in [-0.2, -0.15) is 11.8 Å². The van der Waals surface area contributed by atoms with E-state index >= 15 is 0 Å². The molecule has 4 aromatic rings. The van der Waals surface area contributed by atoms with Crippen molar-refractivity contribution in [3.63, 3.8) is 0 Å². The van der Waals surface area contributed by atoms with Crippen LogP contribution in [0.1, 0.15) is 29.3 Å². The van der Waals surface area contributed by atoms with Gasteiger partial charge in [0.2, 0.25) is 5.91 Å². The van der Waals surface area contributed by atoms with Crippen LogP contribution in [0, 0.1) is 0 Å². The lowest BCUT2D eigenvalue weighted by Crippen LogP contribution is -2.29. The summed E-state index contributed by atoms with van der Waals surface area (Å²) in [6.07, 6.45) is 4.52. The number of pyridine rings is 1. The highest BCUT2D eigenvalue weighted by Gasteiger charge is 2.16. The number of aromatic nitrogens is 2. The summed E-state index contributed by atoms with van der Waals surface area (Å²) in [6.45, 7) is 0. The molecule has 1 N–H and O–H groups in total. The van der Waals surface area contributed by atoms with Crippen LogP contribution in [0.2, 0.25) is 0 Å². The number of nitrogens with zero attached hydrogens (tertiary/aromatic N) is 2. The van der Waals surface area contributed by atoms with Crippen LogP contribution in [0.15, 0.2) is 91.3 Å². The van der Waals surface area contributed by atoms with E-state index in [0.717, 1.165) is 34.0 Å². The first-order chi connectivity index (χ1) is 14.3. The summed E-state index contributed by atoms with van der Waals surface area (Å²) in [4.78, 5) is 17.2. The number of hydrogen-bond acceptors (Lipinski definition) is 3. The second-order valence-corrected chi connectivity index (χ2v) is 7.93. The summed E-state index contributed by atoms with van der Waals surface area (Å²) < 4.78 is 2.02. The molecule has 0 spiro atoms. The lowest BCUT2D eigenvalue weighted by molar-refractivity contribution is -0.121. The van der Waals surface area contributed by atoms with E-state index in [2.05, 4.69) is 34.6 Å². The Hall–Kier alpha value is -3.05. The minimum atomic E-state index is -0.131. The van der Waals surface area contributed by atoms with Crippen LogP contribution in [0.5, 0.6) is 0 Å². The van der Waals surface area contributed by atoms with Crippen molar-refractivity contribution in [1.29, 1.82) is 0 Å². The summed E-state index contributed by atoms with van der Waals surface area (Å²) in [5.74, 6) is 1.62. The van der Waals surface area contributed by atoms with Gasteiger partial charge >= 0.3 is 0 Å². The fraction of sp³-hybridized carbons (Fsp3) is 0.167. The van der Waals surface area contributed by atoms with Gasteiger partial charge in [-0.15, -0.1) is 0 Å². The third-order valence-corrected chi connectivity index (χ3v) is 5.70. The van der Waals surface area contributed by atoms with E-state index in [0.29, 0.717) is 6.42 Å². The maximum atomic E-state index is 12.6. The average Bonchev–Trinajstić information content (AvgIpc) is 3.19. The lowest BCUT2D eigenvalue weighted by atomic mass is 9.98. The normalized spacial score (nSPS) is 11.1. The Bertz CT molecular complexity index is 991. The van der Waals surface area contributed by atoms with Crippen LogP contribution < -0.4 is 5.32 Å². The van der Waals surface area contributed by atoms with Gasteiger partial charge in [-0.05, 0) is 23.3 Å². The fourth-order valence-electron chi connectivity index (χ4n) is 3.28. The minimum Gasteiger partial charge on any atom is -0.345 e. The van der Waals surface area contributed by atoms with Gasteiger partial charge in [-0.3, -0.25) is 4.79 Å². The molecule has 146 valence electrons. The van der Waals surface area contributed by atoms with E-state index < -0.39 is 0 Å². The van der Waals surface area contributed by atoms with E-state index in [9.17, 15) is 4.79 Å². The van der Waals surface area contributed by atoms with Crippen molar-refractivity contribution < 1.29 is 4.79 Å². The lowest BCUT2D eigenvalue weighted by Gasteiger charge is -2.20. The predicted octanol–water partition coefficient (Wildman–Crippen LogP) is 4.86. The Balaban J connectivity index is 1.32. The Morgan fingerprint density at radius 2 is 1.59 bits per heavy atom. The monoisotopic (exact) mass is 401 g/mol. The highest BCUT2D eigenvalue weighted by atomic mass is 32.2. The van der Waals surface area contributed by atoms with Gasteiger partial charge in [-0.25, -0.2) is 4.98 Å². The standard InChI is InChI=1S/C24H23N3OS/c28-23(14-16-29-18-21-17-27-15-8-7-13-22(27)25-21)26-24(19-9-3-1-4-10-19)20-11-5-2-6-12-20/h1-13,15,17,24H,14,16,18H2,(H,26,28). The van der Waals surface area contributed by atoms with Crippen LogP contribution in [-0.4, -0.2) is 21.0 Å². The van der Waals surface area contributed by atoms with Crippen molar-refractivity contribution in [2.24, 2.45) is 0 Å². The molecule has 2 heterocycles. The molecular formula is C24H23N3OS. The van der Waals surface area contributed by atoms with E-state index in [1.54, 1.807) is 11.8 Å². The molecule has 2 aromatic carbocycles. The van der Waals surface area contributed by atoms with Crippen LogP contribution in [0.3, 0.4) is 0 Å². The number of hydrogen-bond donors (Lipinski definition) is 1. The SMILES string of the molecule is O=C(CCSCc1cn2ccccc2n1)NC(c1ccccc1)c1ccccc1. The largest absolute Gasteiger partial charge is 0.345 e. The number of carbonyl (C=O) groups is 1. The maximum absolute atomic E-state index is 12.6. The number of carbonyl (C=O) groups excluding carboxylic acids is 1. The molecular weight excluding hydrogens is 378 g/mol. The molecule has 0 saturated heterocycles. The molecule has 29 heavy (non-hydrogen) atoms. The van der Waals surface area contributed by atoms with Crippen LogP contribution >= 0.6 is 11.8 Å². The zero-order valence-corrected chi connectivity index (χ0v) is 16.9. The zero-order valence-electron chi connectivity index (χ0n) is 16.1. The second kappa shape index (κ2) is 9.43. The van der Waals surface area contributed by atoms with E-state index in [1.165, 1.54) is 0 Å². The molecule has 0 unspecified atom stereocenters. The topological polar surface area (TPSA) is 46.4 Å². The third-order valence-electron chi connectivity index (χ3n) is 4.71. The molecule has 4 nitrogen and oxygen atoms in total. The number of benzene rings is 2. The van der Waals surface area contributed by atoms with Crippen molar-refractivity contribution >= 4 is 23.3 Å². The van der Waals surface area contributed by atoms with E-state index in [4.69, 9.17) is 0 Å². The zero-order chi connectivity index (χ0) is 19.9. The summed E-state index contributed by atoms with van der Waals surface area (Å²) in [7, 11) is 0. The summed E-state index contributed by atoms with van der Waals surface area (Å²) in [5, 5.41) is 3.20. The van der Waals surface area contributed by atoms with Crippen molar-refractivity contribution in [3.8, 4) is 0 Å². The Morgan fingerprint density at radius 1 is 0.931 bits per heavy atom. The first kappa shape index (κ1) is 19.3. The van der Waals surface area contributed by atoms with Gasteiger partial charge in [-0.1, -0.05) is 66.7 Å². The van der Waals surface area contributed by atoms with Crippen molar-refractivity contribution in [3.05, 3.63) is 108 Å². The molecule has 0 radical (unpaired) electrons. The Kier molecular flexibility index (Phi) is 6.27. The molecule has 0 bridgehead atoms. The summed E-state index contributed by atoms with van der Waals surface area (Å²) >= 11 is 1.73. The molecule has 0 aliphatic carbocycles. The Morgan fingerprint density at radius 3 is 2.24 bits per heavy atom. The number of amides is 1. The predicted molar refractivity (Wildman–Crippen MR) is 119 cm³/mol. The van der Waals surface area contributed by atoms with E-state index in [1.807, 2.05) is 71.4 Å². The number of thioether (sulfide) groups is 1. The molecule has 0 saturated carbocycles. The van der Waals surface area contributed by atoms with Crippen LogP contribution in [0.25, 0.3) is 5.65 Å². The summed E-state index contributed by atoms with van der Waals surface area (Å²) in [5.41, 5.74) is 4.16. The van der Waals surface area contributed by atoms with Crippen molar-refractivity contribution in [2.45, 2.75) is 18.2 Å². The van der Waals surface area contributed by atoms with Crippen LogP contribution in [-0.2, 0) is 10.5 Å². The second-order valence-electron chi connectivity index (χ2n) is 6.82. The molecule has 0 aliphatic rings. The van der Waals surface area contributed by atoms with Gasteiger partial charge in [0, 0.05) is 30.3 Å². The van der Waals surface area contributed by atoms with Gasteiger partial charge in [0.05, 0.1) is 11.7 Å². The number of nitrogens with one attached hydrogen (secondary N) is 1. The summed E-state index contributed by atoms with van der Waals surface area (Å²) in [6, 6.07) is 26.0. The van der Waals surface area contributed by atoms with Crippen molar-refractivity contribution in [2.75, 3.05) is 5.75 Å². The highest BCUT2D eigenvalue weighted by Crippen LogP contribution is 2.22. The molecule has 0 aliphatic heterocycles.